The first-order valence-electron chi connectivity index (χ1n) is 11.3. The molecule has 1 aliphatic rings. The summed E-state index contributed by atoms with van der Waals surface area (Å²) in [7, 11) is 0. The number of aromatic nitrogens is 2. The number of likely N-dealkylation sites (tertiary alicyclic amines) is 1. The van der Waals surface area contributed by atoms with Gasteiger partial charge in [-0.3, -0.25) is 14.5 Å². The Balaban J connectivity index is 1.69. The molecule has 0 saturated carbocycles. The Labute approximate surface area is 194 Å². The van der Waals surface area contributed by atoms with Crippen molar-refractivity contribution >= 4 is 18.1 Å². The van der Waals surface area contributed by atoms with E-state index in [2.05, 4.69) is 20.4 Å². The molecular weight excluding hydrogens is 424 g/mol. The van der Waals surface area contributed by atoms with Crippen LogP contribution in [0.2, 0.25) is 0 Å². The molecule has 9 nitrogen and oxygen atoms in total. The third kappa shape index (κ3) is 7.23. The van der Waals surface area contributed by atoms with Gasteiger partial charge in [-0.1, -0.05) is 6.07 Å². The lowest BCUT2D eigenvalue weighted by atomic mass is 10.0. The number of rotatable bonds is 11. The van der Waals surface area contributed by atoms with E-state index in [1.54, 1.807) is 12.1 Å². The van der Waals surface area contributed by atoms with Gasteiger partial charge in [0.2, 0.25) is 0 Å². The van der Waals surface area contributed by atoms with E-state index < -0.39 is 0 Å². The molecule has 178 valence electrons. The van der Waals surface area contributed by atoms with E-state index in [4.69, 9.17) is 14.2 Å². The first kappa shape index (κ1) is 24.6. The third-order valence-corrected chi connectivity index (χ3v) is 5.45. The molecule has 0 bridgehead atoms. The summed E-state index contributed by atoms with van der Waals surface area (Å²) in [6.45, 7) is 8.89. The summed E-state index contributed by atoms with van der Waals surface area (Å²) in [5.74, 6) is 0.992. The van der Waals surface area contributed by atoms with Crippen molar-refractivity contribution in [3.63, 3.8) is 0 Å². The molecule has 2 heterocycles. The molecule has 0 spiro atoms. The Hall–Kier alpha value is -3.04. The van der Waals surface area contributed by atoms with Crippen LogP contribution >= 0.6 is 0 Å². The summed E-state index contributed by atoms with van der Waals surface area (Å²) < 4.78 is 16.1. The Kier molecular flexibility index (Phi) is 9.14. The largest absolute Gasteiger partial charge is 0.467 e. The molecule has 1 saturated heterocycles. The monoisotopic (exact) mass is 456 g/mol. The zero-order valence-corrected chi connectivity index (χ0v) is 19.5. The van der Waals surface area contributed by atoms with Crippen molar-refractivity contribution in [1.29, 1.82) is 0 Å². The lowest BCUT2D eigenvalue weighted by Crippen LogP contribution is -2.43. The first-order valence-corrected chi connectivity index (χ1v) is 11.3. The van der Waals surface area contributed by atoms with E-state index in [1.807, 2.05) is 26.0 Å². The van der Waals surface area contributed by atoms with Gasteiger partial charge >= 0.3 is 5.97 Å². The summed E-state index contributed by atoms with van der Waals surface area (Å²) in [6.07, 6.45) is 2.88. The zero-order valence-electron chi connectivity index (χ0n) is 19.5. The molecule has 1 atom stereocenters. The highest BCUT2D eigenvalue weighted by Gasteiger charge is 2.21. The van der Waals surface area contributed by atoms with Crippen LogP contribution in [-0.4, -0.2) is 73.0 Å². The summed E-state index contributed by atoms with van der Waals surface area (Å²) in [4.78, 5) is 24.5. The molecular formula is C24H32N4O5. The number of piperidine rings is 1. The quantitative estimate of drug-likeness (QED) is 0.236. The Morgan fingerprint density at radius 2 is 2.15 bits per heavy atom. The smallest absolute Gasteiger partial charge is 0.302 e. The maximum absolute atomic E-state index is 11.2. The fraction of sp³-hybridized carbons (Fsp3) is 0.500. The zero-order chi connectivity index (χ0) is 23.6. The van der Waals surface area contributed by atoms with Crippen LogP contribution in [0.4, 0.5) is 5.82 Å². The number of ether oxygens (including phenoxy) is 3. The molecule has 3 rings (SSSR count). The van der Waals surface area contributed by atoms with Crippen molar-refractivity contribution in [2.45, 2.75) is 39.7 Å². The average molecular weight is 457 g/mol. The van der Waals surface area contributed by atoms with Gasteiger partial charge in [0.1, 0.15) is 24.5 Å². The predicted octanol–water partition coefficient (Wildman–Crippen LogP) is 3.08. The van der Waals surface area contributed by atoms with Crippen LogP contribution in [0.1, 0.15) is 42.6 Å². The summed E-state index contributed by atoms with van der Waals surface area (Å²) in [5.41, 5.74) is 2.90. The minimum absolute atomic E-state index is 0.0908. The molecule has 1 aromatic heterocycles. The second kappa shape index (κ2) is 12.3. The molecule has 9 heteroatoms. The third-order valence-electron chi connectivity index (χ3n) is 5.45. The molecule has 0 radical (unpaired) electrons. The normalized spacial score (nSPS) is 16.3. The van der Waals surface area contributed by atoms with E-state index in [0.717, 1.165) is 49.9 Å². The second-order valence-electron chi connectivity index (χ2n) is 8.01. The Bertz CT molecular complexity index is 952. The van der Waals surface area contributed by atoms with Crippen LogP contribution in [0.3, 0.4) is 0 Å². The van der Waals surface area contributed by atoms with Gasteiger partial charge in [0.05, 0.1) is 5.69 Å². The van der Waals surface area contributed by atoms with Crippen LogP contribution in [-0.2, 0) is 14.3 Å². The van der Waals surface area contributed by atoms with Crippen molar-refractivity contribution in [1.82, 2.24) is 15.1 Å². The number of esters is 1. The summed E-state index contributed by atoms with van der Waals surface area (Å²) >= 11 is 0. The minimum Gasteiger partial charge on any atom is -0.467 e. The molecule has 0 amide bonds. The molecule has 1 fully saturated rings. The van der Waals surface area contributed by atoms with Crippen LogP contribution in [0.25, 0.3) is 11.3 Å². The van der Waals surface area contributed by atoms with Crippen molar-refractivity contribution < 1.29 is 23.8 Å². The van der Waals surface area contributed by atoms with Crippen LogP contribution in [0, 0.1) is 6.92 Å². The van der Waals surface area contributed by atoms with E-state index >= 15 is 0 Å². The van der Waals surface area contributed by atoms with Gasteiger partial charge in [-0.2, -0.15) is 0 Å². The van der Waals surface area contributed by atoms with Gasteiger partial charge in [0.25, 0.3) is 0 Å². The number of nitrogens with one attached hydrogen (secondary N) is 1. The molecule has 1 N–H and O–H groups in total. The van der Waals surface area contributed by atoms with Gasteiger partial charge in [-0.05, 0) is 57.0 Å². The number of anilines is 1. The molecule has 2 aromatic rings. The fourth-order valence-electron chi connectivity index (χ4n) is 3.84. The number of hydrogen-bond acceptors (Lipinski definition) is 9. The Morgan fingerprint density at radius 3 is 2.88 bits per heavy atom. The number of nitrogens with zero attached hydrogens (tertiary/aromatic N) is 3. The second-order valence-corrected chi connectivity index (χ2v) is 8.01. The lowest BCUT2D eigenvalue weighted by molar-refractivity contribution is -0.141. The Morgan fingerprint density at radius 1 is 1.30 bits per heavy atom. The van der Waals surface area contributed by atoms with Gasteiger partial charge < -0.3 is 19.5 Å². The SMILES string of the molecule is CCOCOc1cc(C=O)ccc1-c1nnc(NC2CCCN(CCOC(C)=O)C2)cc1C. The van der Waals surface area contributed by atoms with E-state index in [9.17, 15) is 9.59 Å². The van der Waals surface area contributed by atoms with Crippen LogP contribution in [0.5, 0.6) is 5.75 Å². The summed E-state index contributed by atoms with van der Waals surface area (Å²) in [6, 6.07) is 7.45. The number of carbonyl (C=O) groups is 2. The van der Waals surface area contributed by atoms with Crippen molar-refractivity contribution in [3.8, 4) is 17.0 Å². The summed E-state index contributed by atoms with van der Waals surface area (Å²) in [5, 5.41) is 12.3. The van der Waals surface area contributed by atoms with Crippen molar-refractivity contribution in [3.05, 3.63) is 35.4 Å². The van der Waals surface area contributed by atoms with E-state index in [0.29, 0.717) is 36.0 Å². The molecule has 1 aromatic carbocycles. The van der Waals surface area contributed by atoms with E-state index in [-0.39, 0.29) is 18.8 Å². The van der Waals surface area contributed by atoms with Crippen molar-refractivity contribution in [2.24, 2.45) is 0 Å². The minimum atomic E-state index is -0.250. The van der Waals surface area contributed by atoms with Crippen LogP contribution in [0.15, 0.2) is 24.3 Å². The number of aryl methyl sites for hydroxylation is 1. The van der Waals surface area contributed by atoms with Gasteiger partial charge in [0, 0.05) is 43.8 Å². The number of aldehydes is 1. The lowest BCUT2D eigenvalue weighted by Gasteiger charge is -2.33. The highest BCUT2D eigenvalue weighted by Crippen LogP contribution is 2.32. The standard InChI is InChI=1S/C24H32N4O5/c1-4-31-16-33-22-13-19(15-29)7-8-21(22)24-17(2)12-23(26-27-24)25-20-6-5-9-28(14-20)10-11-32-18(3)30/h7-8,12-13,15,20H,4-6,9-11,14,16H2,1-3H3,(H,25,26). The van der Waals surface area contributed by atoms with Crippen LogP contribution < -0.4 is 10.1 Å². The highest BCUT2D eigenvalue weighted by molar-refractivity contribution is 5.80. The van der Waals surface area contributed by atoms with Crippen molar-refractivity contribution in [2.75, 3.05) is 45.0 Å². The fourth-order valence-corrected chi connectivity index (χ4v) is 3.84. The molecule has 0 aliphatic carbocycles. The molecule has 33 heavy (non-hydrogen) atoms. The number of hydrogen-bond donors (Lipinski definition) is 1. The maximum Gasteiger partial charge on any atom is 0.302 e. The van der Waals surface area contributed by atoms with Gasteiger partial charge in [-0.15, -0.1) is 10.2 Å². The highest BCUT2D eigenvalue weighted by atomic mass is 16.7. The number of carbonyl (C=O) groups excluding carboxylic acids is 2. The molecule has 1 aliphatic heterocycles. The molecule has 1 unspecified atom stereocenters. The van der Waals surface area contributed by atoms with Gasteiger partial charge in [-0.25, -0.2) is 0 Å². The van der Waals surface area contributed by atoms with E-state index in [1.165, 1.54) is 6.92 Å². The number of benzene rings is 1. The topological polar surface area (TPSA) is 103 Å². The average Bonchev–Trinajstić information content (AvgIpc) is 2.80. The first-order chi connectivity index (χ1) is 16.0. The van der Waals surface area contributed by atoms with Gasteiger partial charge in [0.15, 0.2) is 6.79 Å². The maximum atomic E-state index is 11.2. The predicted molar refractivity (Wildman–Crippen MR) is 124 cm³/mol.